The summed E-state index contributed by atoms with van der Waals surface area (Å²) in [6.07, 6.45) is 8.03. The minimum Gasteiger partial charge on any atom is -0.393 e. The van der Waals surface area contributed by atoms with Crippen molar-refractivity contribution in [3.8, 4) is 12.1 Å². The third-order valence-electron chi connectivity index (χ3n) is 9.65. The molecule has 3 saturated carbocycles. The molecular weight excluding hydrogens is 362 g/mol. The van der Waals surface area contributed by atoms with Gasteiger partial charge in [0.05, 0.1) is 11.7 Å². The number of nitrogens with zero attached hydrogens (tertiary/aromatic N) is 2. The number of aromatic nitrogens is 1. The van der Waals surface area contributed by atoms with Crippen molar-refractivity contribution in [2.45, 2.75) is 71.3 Å². The van der Waals surface area contributed by atoms with Gasteiger partial charge in [0.25, 0.3) is 5.56 Å². The lowest BCUT2D eigenvalue weighted by Crippen LogP contribution is -2.55. The molecule has 0 aromatic carbocycles. The molecule has 0 unspecified atom stereocenters. The molecule has 0 aliphatic heterocycles. The van der Waals surface area contributed by atoms with E-state index in [4.69, 9.17) is 0 Å². The minimum atomic E-state index is -0.423. The minimum absolute atomic E-state index is 0.0317. The molecule has 152 valence electrons. The Morgan fingerprint density at radius 3 is 2.45 bits per heavy atom. The summed E-state index contributed by atoms with van der Waals surface area (Å²) in [5.74, 6) is 2.32. The number of aliphatic hydroxyl groups excluding tert-OH is 1. The number of nitrogens with one attached hydrogen (secondary N) is 1. The largest absolute Gasteiger partial charge is 0.393 e. The van der Waals surface area contributed by atoms with Crippen LogP contribution in [0.5, 0.6) is 0 Å². The highest BCUT2D eigenvalue weighted by atomic mass is 16.3. The van der Waals surface area contributed by atoms with Crippen molar-refractivity contribution in [2.75, 3.05) is 0 Å². The van der Waals surface area contributed by atoms with E-state index in [0.29, 0.717) is 29.2 Å². The summed E-state index contributed by atoms with van der Waals surface area (Å²) in [4.78, 5) is 15.2. The average molecular weight is 392 g/mol. The van der Waals surface area contributed by atoms with Crippen LogP contribution < -0.4 is 5.56 Å². The maximum atomic E-state index is 12.3. The molecule has 1 aromatic heterocycles. The van der Waals surface area contributed by atoms with Crippen LogP contribution in [-0.4, -0.2) is 16.2 Å². The smallest absolute Gasteiger partial charge is 0.267 e. The van der Waals surface area contributed by atoms with Crippen molar-refractivity contribution >= 4 is 0 Å². The van der Waals surface area contributed by atoms with Gasteiger partial charge in [-0.2, -0.15) is 10.5 Å². The number of pyridine rings is 1. The summed E-state index contributed by atoms with van der Waals surface area (Å²) in [6.45, 7) is 4.69. The summed E-state index contributed by atoms with van der Waals surface area (Å²) < 4.78 is 0. The number of H-pyrrole nitrogens is 1. The molecule has 4 aliphatic rings. The van der Waals surface area contributed by atoms with Crippen molar-refractivity contribution in [1.29, 1.82) is 10.5 Å². The Morgan fingerprint density at radius 2 is 1.72 bits per heavy atom. The van der Waals surface area contributed by atoms with Crippen LogP contribution in [0.1, 0.15) is 74.8 Å². The molecule has 29 heavy (non-hydrogen) atoms. The second-order valence-electron chi connectivity index (χ2n) is 10.6. The van der Waals surface area contributed by atoms with Crippen LogP contribution in [0.2, 0.25) is 0 Å². The lowest BCUT2D eigenvalue weighted by Gasteiger charge is -2.60. The number of aromatic amines is 1. The van der Waals surface area contributed by atoms with E-state index in [-0.39, 0.29) is 22.5 Å². The van der Waals surface area contributed by atoms with Crippen LogP contribution in [0, 0.1) is 57.2 Å². The standard InChI is InChI=1S/C24H29N3O2/c1-23-8-7-19-14(18(23)5-6-21(23)28)4-3-13-9-20-15(10-24(13,19)2)16(11-25)17(12-26)22(29)27-20/h13-14,18-19,21,28H,3-10H2,1-2H3,(H,27,29)/t13-,14+,18-,19-,21-,23+,24-/m0/s1. The van der Waals surface area contributed by atoms with Crippen LogP contribution in [0.15, 0.2) is 4.79 Å². The van der Waals surface area contributed by atoms with Gasteiger partial charge in [0.15, 0.2) is 0 Å². The monoisotopic (exact) mass is 391 g/mol. The SMILES string of the molecule is C[C@]12Cc3c([nH]c(=O)c(C#N)c3C#N)C[C@@H]1CC[C@H]1[C@@H]2CC[C@@]2(C)[C@@H](O)CC[C@@H]12. The first-order valence-corrected chi connectivity index (χ1v) is 11.1. The molecule has 0 spiro atoms. The fourth-order valence-electron chi connectivity index (χ4n) is 8.04. The van der Waals surface area contributed by atoms with Gasteiger partial charge in [0.1, 0.15) is 17.7 Å². The van der Waals surface area contributed by atoms with Crippen molar-refractivity contribution in [2.24, 2.45) is 34.5 Å². The third-order valence-corrected chi connectivity index (χ3v) is 9.65. The molecule has 1 heterocycles. The van der Waals surface area contributed by atoms with Gasteiger partial charge in [-0.15, -0.1) is 0 Å². The molecule has 1 aromatic rings. The molecule has 4 aliphatic carbocycles. The molecule has 0 bridgehead atoms. The number of hydrogen-bond acceptors (Lipinski definition) is 4. The summed E-state index contributed by atoms with van der Waals surface area (Å²) in [6, 6.07) is 4.13. The zero-order valence-electron chi connectivity index (χ0n) is 17.3. The second-order valence-corrected chi connectivity index (χ2v) is 10.6. The average Bonchev–Trinajstić information content (AvgIpc) is 3.00. The zero-order chi connectivity index (χ0) is 20.6. The number of hydrogen-bond donors (Lipinski definition) is 2. The predicted molar refractivity (Wildman–Crippen MR) is 108 cm³/mol. The highest BCUT2D eigenvalue weighted by molar-refractivity contribution is 5.52. The third kappa shape index (κ3) is 2.37. The topological polar surface area (TPSA) is 101 Å². The highest BCUT2D eigenvalue weighted by Gasteiger charge is 2.60. The van der Waals surface area contributed by atoms with Crippen molar-refractivity contribution < 1.29 is 5.11 Å². The van der Waals surface area contributed by atoms with E-state index in [1.54, 1.807) is 0 Å². The van der Waals surface area contributed by atoms with E-state index in [1.165, 1.54) is 6.42 Å². The fraction of sp³-hybridized carbons (Fsp3) is 0.708. The van der Waals surface area contributed by atoms with E-state index in [2.05, 4.69) is 24.9 Å². The first kappa shape index (κ1) is 18.9. The van der Waals surface area contributed by atoms with Crippen molar-refractivity contribution in [1.82, 2.24) is 4.98 Å². The zero-order valence-corrected chi connectivity index (χ0v) is 17.3. The molecule has 5 heteroatoms. The van der Waals surface area contributed by atoms with Crippen LogP contribution in [0.25, 0.3) is 0 Å². The van der Waals surface area contributed by atoms with Gasteiger partial charge < -0.3 is 10.1 Å². The van der Waals surface area contributed by atoms with Crippen molar-refractivity contribution in [3.05, 3.63) is 32.7 Å². The van der Waals surface area contributed by atoms with Crippen LogP contribution in [0.3, 0.4) is 0 Å². The van der Waals surface area contributed by atoms with Gasteiger partial charge in [-0.05, 0) is 91.4 Å². The highest BCUT2D eigenvalue weighted by Crippen LogP contribution is 2.65. The van der Waals surface area contributed by atoms with E-state index in [9.17, 15) is 20.4 Å². The summed E-state index contributed by atoms with van der Waals surface area (Å²) in [5, 5.41) is 29.8. The molecule has 0 radical (unpaired) electrons. The fourth-order valence-corrected chi connectivity index (χ4v) is 8.04. The van der Waals surface area contributed by atoms with E-state index < -0.39 is 5.56 Å². The maximum absolute atomic E-state index is 12.3. The van der Waals surface area contributed by atoms with Crippen LogP contribution in [-0.2, 0) is 12.8 Å². The number of fused-ring (bicyclic) bond motifs is 6. The molecule has 5 rings (SSSR count). The summed E-state index contributed by atoms with van der Waals surface area (Å²) in [7, 11) is 0. The van der Waals surface area contributed by atoms with Crippen LogP contribution >= 0.6 is 0 Å². The van der Waals surface area contributed by atoms with Crippen molar-refractivity contribution in [3.63, 3.8) is 0 Å². The molecule has 2 N–H and O–H groups in total. The Bertz CT molecular complexity index is 1010. The number of rotatable bonds is 0. The number of nitriles is 2. The summed E-state index contributed by atoms with van der Waals surface area (Å²) in [5.41, 5.74) is 1.77. The van der Waals surface area contributed by atoms with E-state index >= 15 is 0 Å². The molecule has 5 nitrogen and oxygen atoms in total. The number of aliphatic hydroxyl groups is 1. The Balaban J connectivity index is 1.57. The Kier molecular flexibility index (Phi) is 4.03. The van der Waals surface area contributed by atoms with E-state index in [0.717, 1.165) is 56.2 Å². The quantitative estimate of drug-likeness (QED) is 0.707. The summed E-state index contributed by atoms with van der Waals surface area (Å²) >= 11 is 0. The maximum Gasteiger partial charge on any atom is 0.267 e. The van der Waals surface area contributed by atoms with Gasteiger partial charge in [0, 0.05) is 5.69 Å². The molecule has 7 atom stereocenters. The molecular formula is C24H29N3O2. The molecule has 3 fully saturated rings. The first-order chi connectivity index (χ1) is 13.8. The lowest BCUT2D eigenvalue weighted by molar-refractivity contribution is -0.111. The van der Waals surface area contributed by atoms with Gasteiger partial charge in [-0.25, -0.2) is 0 Å². The van der Waals surface area contributed by atoms with Gasteiger partial charge in [0.2, 0.25) is 0 Å². The Labute approximate surface area is 171 Å². The Morgan fingerprint density at radius 1 is 1.00 bits per heavy atom. The normalized spacial score (nSPS) is 42.6. The Hall–Kier alpha value is -2.11. The molecule has 0 saturated heterocycles. The molecule has 0 amide bonds. The second kappa shape index (κ2) is 6.19. The lowest BCUT2D eigenvalue weighted by atomic mass is 9.45. The van der Waals surface area contributed by atoms with E-state index in [1.807, 2.05) is 6.07 Å². The van der Waals surface area contributed by atoms with Gasteiger partial charge in [-0.1, -0.05) is 13.8 Å². The van der Waals surface area contributed by atoms with Crippen LogP contribution in [0.4, 0.5) is 0 Å². The van der Waals surface area contributed by atoms with Gasteiger partial charge in [-0.3, -0.25) is 4.79 Å². The first-order valence-electron chi connectivity index (χ1n) is 11.1. The van der Waals surface area contributed by atoms with Gasteiger partial charge >= 0.3 is 0 Å². The predicted octanol–water partition coefficient (Wildman–Crippen LogP) is 3.44.